The Morgan fingerprint density at radius 3 is 2.80 bits per heavy atom. The van der Waals surface area contributed by atoms with Crippen molar-refractivity contribution in [3.05, 3.63) is 35.9 Å². The van der Waals surface area contributed by atoms with Crippen LogP contribution in [0.15, 0.2) is 40.4 Å². The minimum Gasteiger partial charge on any atom is -0.476 e. The van der Waals surface area contributed by atoms with Crippen molar-refractivity contribution in [2.45, 2.75) is 12.8 Å². The van der Waals surface area contributed by atoms with Crippen LogP contribution < -0.4 is 5.32 Å². The number of carboxylic acid groups (broad SMARTS) is 1. The van der Waals surface area contributed by atoms with Crippen molar-refractivity contribution in [1.29, 1.82) is 0 Å². The molecule has 1 aliphatic rings. The Labute approximate surface area is 117 Å². The van der Waals surface area contributed by atoms with E-state index in [0.29, 0.717) is 11.5 Å². The SMILES string of the molecule is CN(/N=C(/C(=O)O)c1ccccc1)C1=NCCCCN1. The summed E-state index contributed by atoms with van der Waals surface area (Å²) >= 11 is 0. The molecule has 1 aromatic rings. The second-order valence-corrected chi connectivity index (χ2v) is 4.48. The number of rotatable bonds is 3. The third-order valence-electron chi connectivity index (χ3n) is 2.94. The van der Waals surface area contributed by atoms with Crippen LogP contribution in [0.25, 0.3) is 0 Å². The summed E-state index contributed by atoms with van der Waals surface area (Å²) in [6.45, 7) is 1.56. The fraction of sp³-hybridized carbons (Fsp3) is 0.357. The Morgan fingerprint density at radius 2 is 2.10 bits per heavy atom. The van der Waals surface area contributed by atoms with Gasteiger partial charge in [-0.05, 0) is 12.8 Å². The van der Waals surface area contributed by atoms with Gasteiger partial charge in [-0.3, -0.25) is 4.99 Å². The first-order valence-electron chi connectivity index (χ1n) is 6.58. The molecule has 0 amide bonds. The lowest BCUT2D eigenvalue weighted by molar-refractivity contribution is -0.129. The van der Waals surface area contributed by atoms with Crippen molar-refractivity contribution in [3.63, 3.8) is 0 Å². The number of aliphatic carboxylic acids is 1. The number of hydrogen-bond acceptors (Lipinski definition) is 5. The highest BCUT2D eigenvalue weighted by molar-refractivity contribution is 6.42. The fourth-order valence-electron chi connectivity index (χ4n) is 1.91. The van der Waals surface area contributed by atoms with Gasteiger partial charge >= 0.3 is 5.97 Å². The van der Waals surface area contributed by atoms with Crippen LogP contribution >= 0.6 is 0 Å². The first-order valence-corrected chi connectivity index (χ1v) is 6.58. The van der Waals surface area contributed by atoms with Crippen LogP contribution in [-0.2, 0) is 4.79 Å². The monoisotopic (exact) mass is 274 g/mol. The Hall–Kier alpha value is -2.37. The van der Waals surface area contributed by atoms with Crippen molar-refractivity contribution in [2.75, 3.05) is 20.1 Å². The summed E-state index contributed by atoms with van der Waals surface area (Å²) in [7, 11) is 1.70. The van der Waals surface area contributed by atoms with Crippen molar-refractivity contribution in [1.82, 2.24) is 10.3 Å². The van der Waals surface area contributed by atoms with Crippen LogP contribution in [0.2, 0.25) is 0 Å². The lowest BCUT2D eigenvalue weighted by Gasteiger charge is -2.17. The molecule has 0 atom stereocenters. The van der Waals surface area contributed by atoms with Gasteiger partial charge < -0.3 is 10.4 Å². The molecule has 0 fully saturated rings. The van der Waals surface area contributed by atoms with Gasteiger partial charge in [0.2, 0.25) is 5.96 Å². The molecule has 0 saturated carbocycles. The van der Waals surface area contributed by atoms with Gasteiger partial charge in [-0.1, -0.05) is 30.3 Å². The first kappa shape index (κ1) is 14.0. The molecule has 1 aromatic carbocycles. The molecule has 2 N–H and O–H groups in total. The van der Waals surface area contributed by atoms with Crippen LogP contribution in [0.3, 0.4) is 0 Å². The number of benzene rings is 1. The molecule has 0 bridgehead atoms. The quantitative estimate of drug-likeness (QED) is 0.640. The van der Waals surface area contributed by atoms with Gasteiger partial charge in [0.15, 0.2) is 5.71 Å². The molecule has 6 nitrogen and oxygen atoms in total. The maximum absolute atomic E-state index is 11.4. The minimum absolute atomic E-state index is 0.00171. The predicted molar refractivity (Wildman–Crippen MR) is 77.9 cm³/mol. The van der Waals surface area contributed by atoms with Gasteiger partial charge in [-0.2, -0.15) is 5.10 Å². The zero-order chi connectivity index (χ0) is 14.4. The van der Waals surface area contributed by atoms with Crippen molar-refractivity contribution < 1.29 is 9.90 Å². The number of hydrazone groups is 1. The van der Waals surface area contributed by atoms with Gasteiger partial charge in [-0.15, -0.1) is 0 Å². The maximum Gasteiger partial charge on any atom is 0.356 e. The molecule has 2 rings (SSSR count). The summed E-state index contributed by atoms with van der Waals surface area (Å²) in [5.41, 5.74) is 0.572. The molecule has 6 heteroatoms. The molecule has 0 unspecified atom stereocenters. The zero-order valence-electron chi connectivity index (χ0n) is 11.4. The molecule has 0 saturated heterocycles. The van der Waals surface area contributed by atoms with E-state index in [-0.39, 0.29) is 5.71 Å². The molecule has 0 radical (unpaired) electrons. The predicted octanol–water partition coefficient (Wildman–Crippen LogP) is 1.15. The summed E-state index contributed by atoms with van der Waals surface area (Å²) in [4.78, 5) is 15.7. The van der Waals surface area contributed by atoms with Gasteiger partial charge in [0, 0.05) is 25.7 Å². The maximum atomic E-state index is 11.4. The normalized spacial score (nSPS) is 15.8. The van der Waals surface area contributed by atoms with Crippen LogP contribution in [0, 0.1) is 0 Å². The summed E-state index contributed by atoms with van der Waals surface area (Å²) < 4.78 is 0. The number of nitrogens with zero attached hydrogens (tertiary/aromatic N) is 3. The Bertz CT molecular complexity index is 525. The lowest BCUT2D eigenvalue weighted by Crippen LogP contribution is -2.37. The van der Waals surface area contributed by atoms with E-state index in [0.717, 1.165) is 25.9 Å². The largest absolute Gasteiger partial charge is 0.476 e. The van der Waals surface area contributed by atoms with E-state index in [4.69, 9.17) is 0 Å². The molecule has 1 heterocycles. The Balaban J connectivity index is 2.24. The molecule has 0 aliphatic carbocycles. The summed E-state index contributed by atoms with van der Waals surface area (Å²) in [6, 6.07) is 8.86. The summed E-state index contributed by atoms with van der Waals surface area (Å²) in [5, 5.41) is 18.1. The zero-order valence-corrected chi connectivity index (χ0v) is 11.4. The lowest BCUT2D eigenvalue weighted by atomic mass is 10.1. The molecular weight excluding hydrogens is 256 g/mol. The van der Waals surface area contributed by atoms with E-state index in [9.17, 15) is 9.90 Å². The highest BCUT2D eigenvalue weighted by Gasteiger charge is 2.15. The van der Waals surface area contributed by atoms with E-state index in [1.165, 1.54) is 5.01 Å². The average Bonchev–Trinajstić information content (AvgIpc) is 2.74. The number of carbonyl (C=O) groups is 1. The van der Waals surface area contributed by atoms with Gasteiger partial charge in [0.25, 0.3) is 0 Å². The molecule has 1 aliphatic heterocycles. The van der Waals surface area contributed by atoms with Crippen molar-refractivity contribution in [3.8, 4) is 0 Å². The highest BCUT2D eigenvalue weighted by atomic mass is 16.4. The summed E-state index contributed by atoms with van der Waals surface area (Å²) in [6.07, 6.45) is 2.08. The van der Waals surface area contributed by atoms with E-state index < -0.39 is 5.97 Å². The van der Waals surface area contributed by atoms with E-state index in [1.807, 2.05) is 6.07 Å². The van der Waals surface area contributed by atoms with Gasteiger partial charge in [0.05, 0.1) is 0 Å². The van der Waals surface area contributed by atoms with E-state index in [2.05, 4.69) is 15.4 Å². The molecule has 0 aromatic heterocycles. The second-order valence-electron chi connectivity index (χ2n) is 4.48. The Morgan fingerprint density at radius 1 is 1.35 bits per heavy atom. The number of nitrogens with one attached hydrogen (secondary N) is 1. The standard InChI is InChI=1S/C14H18N4O2/c1-18(14-15-9-5-6-10-16-14)17-12(13(19)20)11-7-3-2-4-8-11/h2-4,7-8H,5-6,9-10H2,1H3,(H,15,16)(H,19,20)/b17-12+. The smallest absolute Gasteiger partial charge is 0.356 e. The van der Waals surface area contributed by atoms with Crippen LogP contribution in [-0.4, -0.2) is 47.9 Å². The van der Waals surface area contributed by atoms with Crippen LogP contribution in [0.4, 0.5) is 0 Å². The summed E-state index contributed by atoms with van der Waals surface area (Å²) in [5.74, 6) is -0.450. The molecule has 106 valence electrons. The van der Waals surface area contributed by atoms with Crippen LogP contribution in [0.5, 0.6) is 0 Å². The number of guanidine groups is 1. The fourth-order valence-corrected chi connectivity index (χ4v) is 1.91. The second kappa shape index (κ2) is 6.70. The Kier molecular flexibility index (Phi) is 4.70. The van der Waals surface area contributed by atoms with Crippen molar-refractivity contribution >= 4 is 17.6 Å². The van der Waals surface area contributed by atoms with E-state index in [1.54, 1.807) is 31.3 Å². The van der Waals surface area contributed by atoms with Gasteiger partial charge in [-0.25, -0.2) is 9.80 Å². The van der Waals surface area contributed by atoms with Gasteiger partial charge in [0.1, 0.15) is 0 Å². The molecule has 20 heavy (non-hydrogen) atoms. The number of carboxylic acids is 1. The third-order valence-corrected chi connectivity index (χ3v) is 2.94. The number of hydrogen-bond donors (Lipinski definition) is 2. The topological polar surface area (TPSA) is 77.3 Å². The highest BCUT2D eigenvalue weighted by Crippen LogP contribution is 2.04. The third kappa shape index (κ3) is 3.57. The molecular formula is C14H18N4O2. The van der Waals surface area contributed by atoms with Crippen molar-refractivity contribution in [2.24, 2.45) is 10.1 Å². The van der Waals surface area contributed by atoms with E-state index >= 15 is 0 Å². The minimum atomic E-state index is -1.06. The first-order chi connectivity index (χ1) is 9.68. The number of aliphatic imine (C=N–C) groups is 1. The molecule has 0 spiro atoms. The van der Waals surface area contributed by atoms with Crippen LogP contribution in [0.1, 0.15) is 18.4 Å². The average molecular weight is 274 g/mol.